The fourth-order valence-electron chi connectivity index (χ4n) is 1.12. The smallest absolute Gasteiger partial charge is 0.414 e. The van der Waals surface area contributed by atoms with Crippen molar-refractivity contribution in [2.24, 2.45) is 0 Å². The Morgan fingerprint density at radius 3 is 2.72 bits per heavy atom. The maximum atomic E-state index is 13.5. The minimum atomic E-state index is -3.37. The van der Waals surface area contributed by atoms with Crippen LogP contribution >= 0.6 is 29.8 Å². The van der Waals surface area contributed by atoms with Crippen LogP contribution in [0.15, 0.2) is 18.2 Å². The highest BCUT2D eigenvalue weighted by atomic mass is 35.5. The molecule has 1 atom stereocenters. The largest absolute Gasteiger partial charge is 0.440 e. The molecule has 102 valence electrons. The topological polar surface area (TPSA) is 35.5 Å². The maximum Gasteiger partial charge on any atom is 0.440 e. The summed E-state index contributed by atoms with van der Waals surface area (Å²) < 4.78 is 36.2. The van der Waals surface area contributed by atoms with Gasteiger partial charge in [0.2, 0.25) is 0 Å². The molecule has 0 saturated heterocycles. The zero-order valence-corrected chi connectivity index (χ0v) is 12.7. The molecule has 1 aromatic carbocycles. The minimum Gasteiger partial charge on any atom is -0.414 e. The molecule has 3 nitrogen and oxygen atoms in total. The SMILES string of the molecule is CCCSP(=O)(OCC)Oc1ccc(Cl)cc1F. The van der Waals surface area contributed by atoms with Crippen LogP contribution in [0, 0.1) is 5.82 Å². The molecule has 0 fully saturated rings. The first kappa shape index (κ1) is 15.8. The van der Waals surface area contributed by atoms with Gasteiger partial charge in [-0.15, -0.1) is 0 Å². The van der Waals surface area contributed by atoms with Gasteiger partial charge in [-0.05, 0) is 42.9 Å². The fraction of sp³-hybridized carbons (Fsp3) is 0.455. The summed E-state index contributed by atoms with van der Waals surface area (Å²) in [5.41, 5.74) is 0. The van der Waals surface area contributed by atoms with Gasteiger partial charge in [0.05, 0.1) is 6.61 Å². The molecular weight excluding hydrogens is 298 g/mol. The van der Waals surface area contributed by atoms with E-state index in [0.717, 1.165) is 23.9 Å². The molecule has 0 bridgehead atoms. The minimum absolute atomic E-state index is 0.111. The van der Waals surface area contributed by atoms with Crippen molar-refractivity contribution in [3.8, 4) is 5.75 Å². The van der Waals surface area contributed by atoms with E-state index in [1.54, 1.807) is 6.92 Å². The lowest BCUT2D eigenvalue weighted by Gasteiger charge is -2.17. The standard InChI is InChI=1S/C11H15ClFO3PS/c1-3-7-18-17(14,15-4-2)16-11-6-5-9(12)8-10(11)13/h5-6,8H,3-4,7H2,1-2H3. The van der Waals surface area contributed by atoms with Crippen molar-refractivity contribution in [2.45, 2.75) is 20.3 Å². The van der Waals surface area contributed by atoms with Crippen molar-refractivity contribution >= 4 is 29.8 Å². The van der Waals surface area contributed by atoms with E-state index >= 15 is 0 Å². The van der Waals surface area contributed by atoms with E-state index in [9.17, 15) is 8.96 Å². The molecule has 0 radical (unpaired) electrons. The average Bonchev–Trinajstić information content (AvgIpc) is 2.31. The summed E-state index contributed by atoms with van der Waals surface area (Å²) in [6, 6.07) is 3.92. The van der Waals surface area contributed by atoms with Gasteiger partial charge in [-0.25, -0.2) is 8.96 Å². The van der Waals surface area contributed by atoms with Crippen LogP contribution in [0.2, 0.25) is 5.02 Å². The molecule has 7 heteroatoms. The van der Waals surface area contributed by atoms with E-state index in [2.05, 4.69) is 0 Å². The van der Waals surface area contributed by atoms with E-state index < -0.39 is 12.6 Å². The van der Waals surface area contributed by atoms with Crippen LogP contribution in [0.25, 0.3) is 0 Å². The highest BCUT2D eigenvalue weighted by Gasteiger charge is 2.27. The average molecular weight is 313 g/mol. The van der Waals surface area contributed by atoms with Gasteiger partial charge in [0, 0.05) is 10.8 Å². The van der Waals surface area contributed by atoms with E-state index in [-0.39, 0.29) is 17.4 Å². The fourth-order valence-corrected chi connectivity index (χ4v) is 4.73. The number of hydrogen-bond acceptors (Lipinski definition) is 4. The first-order chi connectivity index (χ1) is 8.50. The Morgan fingerprint density at radius 2 is 2.17 bits per heavy atom. The lowest BCUT2D eigenvalue weighted by molar-refractivity contribution is 0.292. The van der Waals surface area contributed by atoms with Gasteiger partial charge in [0.1, 0.15) is 0 Å². The van der Waals surface area contributed by atoms with Gasteiger partial charge < -0.3 is 4.52 Å². The Kier molecular flexibility index (Phi) is 6.50. The van der Waals surface area contributed by atoms with Crippen molar-refractivity contribution in [2.75, 3.05) is 12.4 Å². The lowest BCUT2D eigenvalue weighted by atomic mass is 10.3. The van der Waals surface area contributed by atoms with Crippen LogP contribution in [0.5, 0.6) is 5.75 Å². The predicted molar refractivity (Wildman–Crippen MR) is 74.0 cm³/mol. The molecule has 0 aliphatic rings. The summed E-state index contributed by atoms with van der Waals surface area (Å²) in [4.78, 5) is 0. The number of benzene rings is 1. The van der Waals surface area contributed by atoms with Crippen LogP contribution in [-0.2, 0) is 9.09 Å². The zero-order valence-electron chi connectivity index (χ0n) is 10.2. The van der Waals surface area contributed by atoms with Gasteiger partial charge in [-0.2, -0.15) is 0 Å². The summed E-state index contributed by atoms with van der Waals surface area (Å²) in [7, 11) is 0. The molecule has 0 amide bonds. The Balaban J connectivity index is 2.85. The Labute approximate surface area is 115 Å². The third-order valence-corrected chi connectivity index (χ3v) is 6.02. The molecule has 0 N–H and O–H groups in total. The van der Waals surface area contributed by atoms with Gasteiger partial charge in [-0.1, -0.05) is 18.5 Å². The highest BCUT2D eigenvalue weighted by molar-refractivity contribution is 8.55. The monoisotopic (exact) mass is 312 g/mol. The van der Waals surface area contributed by atoms with Crippen molar-refractivity contribution in [3.63, 3.8) is 0 Å². The van der Waals surface area contributed by atoms with Crippen molar-refractivity contribution in [1.29, 1.82) is 0 Å². The Morgan fingerprint density at radius 1 is 1.44 bits per heavy atom. The third-order valence-electron chi connectivity index (χ3n) is 1.84. The second kappa shape index (κ2) is 7.39. The van der Waals surface area contributed by atoms with Crippen LogP contribution in [0.4, 0.5) is 4.39 Å². The van der Waals surface area contributed by atoms with Crippen molar-refractivity contribution in [3.05, 3.63) is 29.0 Å². The summed E-state index contributed by atoms with van der Waals surface area (Å²) in [6.07, 6.45) is 0.828. The first-order valence-corrected chi connectivity index (χ1v) is 9.05. The number of halogens is 2. The highest BCUT2D eigenvalue weighted by Crippen LogP contribution is 2.60. The summed E-state index contributed by atoms with van der Waals surface area (Å²) >= 11 is 6.70. The number of hydrogen-bond donors (Lipinski definition) is 0. The van der Waals surface area contributed by atoms with E-state index in [1.165, 1.54) is 12.1 Å². The van der Waals surface area contributed by atoms with Crippen LogP contribution in [-0.4, -0.2) is 12.4 Å². The number of rotatable bonds is 7. The predicted octanol–water partition coefficient (Wildman–Crippen LogP) is 5.15. The van der Waals surface area contributed by atoms with Gasteiger partial charge >= 0.3 is 6.80 Å². The molecule has 0 spiro atoms. The lowest BCUT2D eigenvalue weighted by Crippen LogP contribution is -1.97. The molecule has 18 heavy (non-hydrogen) atoms. The second-order valence-corrected chi connectivity index (χ2v) is 7.92. The van der Waals surface area contributed by atoms with Crippen molar-refractivity contribution in [1.82, 2.24) is 0 Å². The van der Waals surface area contributed by atoms with E-state index in [1.807, 2.05) is 6.92 Å². The Bertz CT molecular complexity index is 444. The molecule has 0 aliphatic heterocycles. The molecule has 0 saturated carbocycles. The quantitative estimate of drug-likeness (QED) is 0.653. The van der Waals surface area contributed by atoms with Crippen molar-refractivity contribution < 1.29 is 18.0 Å². The summed E-state index contributed by atoms with van der Waals surface area (Å²) in [6.45, 7) is 0.533. The van der Waals surface area contributed by atoms with E-state index in [0.29, 0.717) is 5.75 Å². The summed E-state index contributed by atoms with van der Waals surface area (Å²) in [5.74, 6) is -0.147. The van der Waals surface area contributed by atoms with Crippen LogP contribution in [0.3, 0.4) is 0 Å². The molecule has 1 aromatic rings. The maximum absolute atomic E-state index is 13.5. The molecule has 1 unspecified atom stereocenters. The van der Waals surface area contributed by atoms with E-state index in [4.69, 9.17) is 20.6 Å². The van der Waals surface area contributed by atoms with Gasteiger partial charge in [0.15, 0.2) is 11.6 Å². The molecular formula is C11H15ClFO3PS. The Hall–Kier alpha value is -0.220. The molecule has 1 rings (SSSR count). The van der Waals surface area contributed by atoms with Gasteiger partial charge in [-0.3, -0.25) is 4.52 Å². The van der Waals surface area contributed by atoms with Crippen LogP contribution < -0.4 is 4.52 Å². The van der Waals surface area contributed by atoms with Crippen LogP contribution in [0.1, 0.15) is 20.3 Å². The summed E-state index contributed by atoms with van der Waals surface area (Å²) in [5, 5.41) is 0.257. The first-order valence-electron chi connectivity index (χ1n) is 5.54. The normalized spacial score (nSPS) is 14.2. The molecule has 0 aromatic heterocycles. The third kappa shape index (κ3) is 4.81. The zero-order chi connectivity index (χ0) is 13.6. The molecule has 0 heterocycles. The van der Waals surface area contributed by atoms with Gasteiger partial charge in [0.25, 0.3) is 0 Å². The second-order valence-electron chi connectivity index (χ2n) is 3.36. The molecule has 0 aliphatic carbocycles.